The summed E-state index contributed by atoms with van der Waals surface area (Å²) in [5.41, 5.74) is 6.31. The van der Waals surface area contributed by atoms with Crippen LogP contribution in [0.4, 0.5) is 5.69 Å². The molecule has 2 aromatic carbocycles. The molecule has 0 aliphatic heterocycles. The zero-order valence-electron chi connectivity index (χ0n) is 11.4. The highest BCUT2D eigenvalue weighted by Gasteiger charge is 2.15. The number of ketones is 1. The highest BCUT2D eigenvalue weighted by molar-refractivity contribution is 7.86. The number of carbonyl (C=O) groups excluding carboxylic acids is 1. The molecule has 112 valence electrons. The van der Waals surface area contributed by atoms with Gasteiger partial charge in [0.1, 0.15) is 10.7 Å². The molecule has 0 radical (unpaired) electrons. The van der Waals surface area contributed by atoms with Gasteiger partial charge in [0.05, 0.1) is 6.04 Å². The number of nitrogens with two attached hydrogens (primary N) is 1. The molecule has 0 saturated carbocycles. The third-order valence-electron chi connectivity index (χ3n) is 3.19. The van der Waals surface area contributed by atoms with E-state index in [0.717, 1.165) is 0 Å². The van der Waals surface area contributed by atoms with Gasteiger partial charge in [0.15, 0.2) is 0 Å². The van der Waals surface area contributed by atoms with E-state index in [9.17, 15) is 17.8 Å². The minimum atomic E-state index is -4.30. The van der Waals surface area contributed by atoms with Crippen molar-refractivity contribution in [3.8, 4) is 0 Å². The average molecular weight is 308 g/mol. The lowest BCUT2D eigenvalue weighted by Crippen LogP contribution is -2.35. The number of hydrogen-bond acceptors (Lipinski definition) is 5. The Morgan fingerprint density at radius 3 is 2.48 bits per heavy atom. The molecule has 2 aromatic rings. The van der Waals surface area contributed by atoms with Gasteiger partial charge in [0, 0.05) is 23.0 Å². The largest absolute Gasteiger partial charge is 0.383 e. The number of carbonyl (C=O) groups is 1. The molecular formula is C14H16N2O4S. The smallest absolute Gasteiger partial charge is 0.295 e. The van der Waals surface area contributed by atoms with Crippen molar-refractivity contribution in [2.24, 2.45) is 5.73 Å². The van der Waals surface area contributed by atoms with Crippen LogP contribution in [0.25, 0.3) is 10.8 Å². The first kappa shape index (κ1) is 15.4. The molecule has 0 saturated heterocycles. The lowest BCUT2D eigenvalue weighted by Gasteiger charge is -2.13. The van der Waals surface area contributed by atoms with E-state index in [1.165, 1.54) is 13.0 Å². The Morgan fingerprint density at radius 1 is 1.24 bits per heavy atom. The van der Waals surface area contributed by atoms with Crippen LogP contribution >= 0.6 is 0 Å². The molecule has 4 N–H and O–H groups in total. The molecule has 7 heteroatoms. The fourth-order valence-electron chi connectivity index (χ4n) is 2.02. The zero-order chi connectivity index (χ0) is 15.6. The molecule has 0 aromatic heterocycles. The molecule has 0 bridgehead atoms. The topological polar surface area (TPSA) is 109 Å². The van der Waals surface area contributed by atoms with Crippen LogP contribution in [0.5, 0.6) is 0 Å². The second-order valence-corrected chi connectivity index (χ2v) is 6.12. The van der Waals surface area contributed by atoms with Crippen molar-refractivity contribution in [1.82, 2.24) is 0 Å². The molecule has 0 aliphatic rings. The maximum Gasteiger partial charge on any atom is 0.295 e. The van der Waals surface area contributed by atoms with E-state index in [1.54, 1.807) is 30.3 Å². The number of Topliss-reactive ketones (excluding diaryl/α,β-unsaturated/α-hetero) is 1. The minimum absolute atomic E-state index is 0.138. The first-order valence-corrected chi connectivity index (χ1v) is 7.74. The minimum Gasteiger partial charge on any atom is -0.383 e. The molecule has 0 aliphatic carbocycles. The molecule has 2 rings (SSSR count). The Morgan fingerprint density at radius 2 is 1.86 bits per heavy atom. The molecule has 0 amide bonds. The summed E-state index contributed by atoms with van der Waals surface area (Å²) in [6.07, 6.45) is 0. The van der Waals surface area contributed by atoms with Crippen molar-refractivity contribution < 1.29 is 17.8 Å². The van der Waals surface area contributed by atoms with Crippen molar-refractivity contribution >= 4 is 32.4 Å². The Hall–Kier alpha value is -1.96. The van der Waals surface area contributed by atoms with Gasteiger partial charge in [-0.1, -0.05) is 24.3 Å². The summed E-state index contributed by atoms with van der Waals surface area (Å²) in [5.74, 6) is -0.138. The molecular weight excluding hydrogens is 292 g/mol. The highest BCUT2D eigenvalue weighted by Crippen LogP contribution is 2.28. The van der Waals surface area contributed by atoms with Crippen LogP contribution in [0, 0.1) is 0 Å². The van der Waals surface area contributed by atoms with E-state index in [0.29, 0.717) is 16.5 Å². The summed E-state index contributed by atoms with van der Waals surface area (Å²) in [6, 6.07) is 9.00. The van der Waals surface area contributed by atoms with Crippen LogP contribution in [0.3, 0.4) is 0 Å². The van der Waals surface area contributed by atoms with Crippen molar-refractivity contribution in [3.05, 3.63) is 36.4 Å². The first-order chi connectivity index (χ1) is 9.80. The van der Waals surface area contributed by atoms with Crippen LogP contribution in [0.15, 0.2) is 41.3 Å². The van der Waals surface area contributed by atoms with Crippen LogP contribution < -0.4 is 11.1 Å². The fourth-order valence-corrected chi connectivity index (χ4v) is 2.73. The predicted molar refractivity (Wildman–Crippen MR) is 80.9 cm³/mol. The van der Waals surface area contributed by atoms with Gasteiger partial charge < -0.3 is 11.1 Å². The van der Waals surface area contributed by atoms with E-state index in [-0.39, 0.29) is 17.2 Å². The zero-order valence-corrected chi connectivity index (χ0v) is 12.2. The van der Waals surface area contributed by atoms with E-state index >= 15 is 0 Å². The standard InChI is InChI=1S/C14H16N2O4S/c1-9(17)12(15)8-16-13-6-2-5-11-10(13)4-3-7-14(11)21(18,19)20/h2-7,12,16H,8,15H2,1H3,(H,18,19,20). The molecule has 1 atom stereocenters. The van der Waals surface area contributed by atoms with Gasteiger partial charge in [-0.2, -0.15) is 8.42 Å². The Kier molecular flexibility index (Phi) is 4.26. The summed E-state index contributed by atoms with van der Waals surface area (Å²) in [7, 11) is -4.30. The molecule has 6 nitrogen and oxygen atoms in total. The average Bonchev–Trinajstić information content (AvgIpc) is 2.42. The second kappa shape index (κ2) is 5.80. The fraction of sp³-hybridized carbons (Fsp3) is 0.214. The number of nitrogens with one attached hydrogen (secondary N) is 1. The number of anilines is 1. The molecule has 0 fully saturated rings. The summed E-state index contributed by atoms with van der Waals surface area (Å²) in [5, 5.41) is 4.06. The maximum absolute atomic E-state index is 11.4. The molecule has 0 spiro atoms. The lowest BCUT2D eigenvalue weighted by atomic mass is 10.1. The van der Waals surface area contributed by atoms with Crippen LogP contribution in [-0.2, 0) is 14.9 Å². The van der Waals surface area contributed by atoms with Crippen molar-refractivity contribution in [2.75, 3.05) is 11.9 Å². The quantitative estimate of drug-likeness (QED) is 0.721. The van der Waals surface area contributed by atoms with Gasteiger partial charge in [0.25, 0.3) is 10.1 Å². The highest BCUT2D eigenvalue weighted by atomic mass is 32.2. The van der Waals surface area contributed by atoms with Gasteiger partial charge in [-0.15, -0.1) is 0 Å². The van der Waals surface area contributed by atoms with E-state index in [4.69, 9.17) is 5.73 Å². The molecule has 21 heavy (non-hydrogen) atoms. The van der Waals surface area contributed by atoms with Crippen LogP contribution in [0.1, 0.15) is 6.92 Å². The van der Waals surface area contributed by atoms with Crippen LogP contribution in [-0.4, -0.2) is 31.3 Å². The van der Waals surface area contributed by atoms with Gasteiger partial charge >= 0.3 is 0 Å². The Labute approximate surface area is 122 Å². The van der Waals surface area contributed by atoms with E-state index in [2.05, 4.69) is 5.32 Å². The molecule has 1 unspecified atom stereocenters. The summed E-state index contributed by atoms with van der Waals surface area (Å²) < 4.78 is 32.0. The second-order valence-electron chi connectivity index (χ2n) is 4.73. The normalized spacial score (nSPS) is 13.1. The van der Waals surface area contributed by atoms with Gasteiger partial charge in [0.2, 0.25) is 0 Å². The predicted octanol–water partition coefficient (Wildman–Crippen LogP) is 1.41. The maximum atomic E-state index is 11.4. The van der Waals surface area contributed by atoms with E-state index in [1.807, 2.05) is 0 Å². The van der Waals surface area contributed by atoms with Crippen molar-refractivity contribution in [3.63, 3.8) is 0 Å². The van der Waals surface area contributed by atoms with Crippen molar-refractivity contribution in [2.45, 2.75) is 17.9 Å². The van der Waals surface area contributed by atoms with Gasteiger partial charge in [-0.05, 0) is 19.1 Å². The first-order valence-electron chi connectivity index (χ1n) is 6.30. The Bertz CT molecular complexity index is 787. The Balaban J connectivity index is 2.45. The number of hydrogen-bond donors (Lipinski definition) is 3. The SMILES string of the molecule is CC(=O)C(N)CNc1cccc2c(S(=O)(=O)O)cccc12. The van der Waals surface area contributed by atoms with Crippen LogP contribution in [0.2, 0.25) is 0 Å². The number of benzene rings is 2. The van der Waals surface area contributed by atoms with Gasteiger partial charge in [-0.25, -0.2) is 0 Å². The summed E-state index contributed by atoms with van der Waals surface area (Å²) in [4.78, 5) is 11.0. The summed E-state index contributed by atoms with van der Waals surface area (Å²) >= 11 is 0. The third kappa shape index (κ3) is 3.38. The monoisotopic (exact) mass is 308 g/mol. The summed E-state index contributed by atoms with van der Waals surface area (Å²) in [6.45, 7) is 1.65. The number of fused-ring (bicyclic) bond motifs is 1. The van der Waals surface area contributed by atoms with E-state index < -0.39 is 16.2 Å². The van der Waals surface area contributed by atoms with Gasteiger partial charge in [-0.3, -0.25) is 9.35 Å². The number of rotatable bonds is 5. The lowest BCUT2D eigenvalue weighted by molar-refractivity contribution is -0.117. The third-order valence-corrected chi connectivity index (χ3v) is 4.11. The molecule has 0 heterocycles. The van der Waals surface area contributed by atoms with Crippen molar-refractivity contribution in [1.29, 1.82) is 0 Å².